The van der Waals surface area contributed by atoms with E-state index in [1.54, 1.807) is 0 Å². The van der Waals surface area contributed by atoms with Crippen LogP contribution in [0.3, 0.4) is 0 Å². The number of fused-ring (bicyclic) bond motifs is 13. The zero-order valence-electron chi connectivity index (χ0n) is 37.8. The summed E-state index contributed by atoms with van der Waals surface area (Å²) in [4.78, 5) is 5.00. The number of hydrogen-bond donors (Lipinski definition) is 0. The van der Waals surface area contributed by atoms with Gasteiger partial charge in [-0.2, -0.15) is 0 Å². The topological polar surface area (TPSA) is 6.48 Å². The summed E-state index contributed by atoms with van der Waals surface area (Å²) >= 11 is 0. The zero-order valence-corrected chi connectivity index (χ0v) is 37.8. The molecule has 0 radical (unpaired) electrons. The fourth-order valence-electron chi connectivity index (χ4n) is 11.9. The molecule has 0 saturated carbocycles. The van der Waals surface area contributed by atoms with Crippen LogP contribution in [-0.2, 0) is 5.41 Å². The van der Waals surface area contributed by atoms with Crippen molar-refractivity contribution in [3.05, 3.63) is 288 Å². The Morgan fingerprint density at radius 3 is 0.913 bits per heavy atom. The summed E-state index contributed by atoms with van der Waals surface area (Å²) in [5, 5.41) is 9.62. The van der Waals surface area contributed by atoms with Gasteiger partial charge in [0.05, 0.1) is 28.2 Å². The van der Waals surface area contributed by atoms with E-state index in [1.165, 1.54) is 87.6 Å². The lowest BCUT2D eigenvalue weighted by Gasteiger charge is -2.37. The molecule has 322 valence electrons. The van der Waals surface area contributed by atoms with Crippen LogP contribution in [0.2, 0.25) is 0 Å². The Morgan fingerprint density at radius 2 is 0.551 bits per heavy atom. The first kappa shape index (κ1) is 39.2. The molecule has 12 aromatic carbocycles. The van der Waals surface area contributed by atoms with Crippen molar-refractivity contribution in [2.45, 2.75) is 5.41 Å². The van der Waals surface area contributed by atoms with Crippen LogP contribution in [0.1, 0.15) is 33.4 Å². The first-order valence-corrected chi connectivity index (χ1v) is 23.9. The van der Waals surface area contributed by atoms with Gasteiger partial charge in [0.25, 0.3) is 0 Å². The summed E-state index contributed by atoms with van der Waals surface area (Å²) in [5.74, 6) is 0. The molecule has 0 unspecified atom stereocenters. The second kappa shape index (κ2) is 15.6. The van der Waals surface area contributed by atoms with E-state index < -0.39 is 5.41 Å². The zero-order chi connectivity index (χ0) is 45.5. The van der Waals surface area contributed by atoms with Gasteiger partial charge >= 0.3 is 0 Å². The fourth-order valence-corrected chi connectivity index (χ4v) is 11.9. The SMILES string of the molecule is C1=Cc2ccc(N(c3cccc4ccccc34)c3cccc4ccccc34)cc2C2(c3cc(N(c4cccc5ccccc45)c4cccc5ccccc45)ccc31)c1ccccc1-c1ccccc12. The maximum Gasteiger partial charge on any atom is 0.0726 e. The second-order valence-electron chi connectivity index (χ2n) is 18.4. The summed E-state index contributed by atoms with van der Waals surface area (Å²) in [7, 11) is 0. The average molecular weight is 877 g/mol. The van der Waals surface area contributed by atoms with Crippen molar-refractivity contribution in [3.63, 3.8) is 0 Å². The van der Waals surface area contributed by atoms with Crippen molar-refractivity contribution in [2.75, 3.05) is 9.80 Å². The van der Waals surface area contributed by atoms with Crippen molar-refractivity contribution >= 4 is 89.4 Å². The fraction of sp³-hybridized carbons (Fsp3) is 0.0149. The normalized spacial score (nSPS) is 13.0. The highest BCUT2D eigenvalue weighted by Crippen LogP contribution is 2.60. The Kier molecular flexibility index (Phi) is 8.84. The Bertz CT molecular complexity index is 3620. The highest BCUT2D eigenvalue weighted by atomic mass is 15.2. The highest BCUT2D eigenvalue weighted by Gasteiger charge is 2.49. The summed E-state index contributed by atoms with van der Waals surface area (Å²) < 4.78 is 0. The minimum Gasteiger partial charge on any atom is -0.309 e. The third-order valence-electron chi connectivity index (χ3n) is 14.8. The van der Waals surface area contributed by atoms with Crippen molar-refractivity contribution < 1.29 is 0 Å². The number of hydrogen-bond acceptors (Lipinski definition) is 2. The van der Waals surface area contributed by atoms with E-state index in [2.05, 4.69) is 277 Å². The standard InChI is InChI=1S/C67H44N2/c1-5-25-53-45(17-1)21-13-33-63(53)68(64-34-14-22-46-18-2-6-26-54(46)64)51-41-39-49-37-38-50-40-42-52(44-62(50)67(61(49)43-51)59-31-11-9-29-57(59)58-30-10-12-32-60(58)67)69(65-35-15-23-47-19-3-7-27-55(47)65)66-36-16-24-48-20-4-8-28-56(48)66/h1-44H. The van der Waals surface area contributed by atoms with Crippen LogP contribution in [0.25, 0.3) is 66.4 Å². The Balaban J connectivity index is 1.08. The van der Waals surface area contributed by atoms with Gasteiger partial charge in [0, 0.05) is 32.9 Å². The first-order valence-electron chi connectivity index (χ1n) is 23.9. The molecule has 0 fully saturated rings. The van der Waals surface area contributed by atoms with E-state index in [-0.39, 0.29) is 0 Å². The predicted octanol–water partition coefficient (Wildman–Crippen LogP) is 18.1. The highest BCUT2D eigenvalue weighted by molar-refractivity contribution is 6.07. The van der Waals surface area contributed by atoms with Crippen LogP contribution in [0.15, 0.2) is 255 Å². The third-order valence-corrected chi connectivity index (χ3v) is 14.8. The van der Waals surface area contributed by atoms with Crippen molar-refractivity contribution in [2.24, 2.45) is 0 Å². The Labute approximate surface area is 401 Å². The van der Waals surface area contributed by atoms with Gasteiger partial charge in [-0.15, -0.1) is 0 Å². The maximum absolute atomic E-state index is 2.51. The molecule has 0 bridgehead atoms. The summed E-state index contributed by atoms with van der Waals surface area (Å²) in [5.41, 5.74) is 16.0. The van der Waals surface area contributed by atoms with Gasteiger partial charge in [-0.25, -0.2) is 0 Å². The van der Waals surface area contributed by atoms with Crippen molar-refractivity contribution in [3.8, 4) is 11.1 Å². The second-order valence-corrected chi connectivity index (χ2v) is 18.4. The summed E-state index contributed by atoms with van der Waals surface area (Å²) in [6.07, 6.45) is 4.70. The molecular formula is C67H44N2. The van der Waals surface area contributed by atoms with Crippen LogP contribution in [0.5, 0.6) is 0 Å². The van der Waals surface area contributed by atoms with Crippen LogP contribution in [-0.4, -0.2) is 0 Å². The Morgan fingerprint density at radius 1 is 0.246 bits per heavy atom. The summed E-state index contributed by atoms with van der Waals surface area (Å²) in [6.45, 7) is 0. The van der Waals surface area contributed by atoms with Gasteiger partial charge in [-0.05, 0) is 115 Å². The van der Waals surface area contributed by atoms with E-state index >= 15 is 0 Å². The molecule has 69 heavy (non-hydrogen) atoms. The van der Waals surface area contributed by atoms with E-state index in [4.69, 9.17) is 0 Å². The van der Waals surface area contributed by atoms with Gasteiger partial charge in [-0.3, -0.25) is 0 Å². The molecule has 2 nitrogen and oxygen atoms in total. The molecule has 14 rings (SSSR count). The first-order chi connectivity index (χ1) is 34.2. The molecule has 2 aliphatic rings. The molecule has 0 amide bonds. The molecular weight excluding hydrogens is 833 g/mol. The van der Waals surface area contributed by atoms with E-state index in [0.717, 1.165) is 34.1 Å². The van der Waals surface area contributed by atoms with E-state index in [1.807, 2.05) is 0 Å². The van der Waals surface area contributed by atoms with E-state index in [9.17, 15) is 0 Å². The molecule has 2 heteroatoms. The Hall–Kier alpha value is -8.98. The molecule has 1 spiro atoms. The molecule has 0 N–H and O–H groups in total. The van der Waals surface area contributed by atoms with Crippen LogP contribution in [0.4, 0.5) is 34.1 Å². The van der Waals surface area contributed by atoms with Crippen molar-refractivity contribution in [1.82, 2.24) is 0 Å². The van der Waals surface area contributed by atoms with Gasteiger partial charge in [0.2, 0.25) is 0 Å². The quantitative estimate of drug-likeness (QED) is 0.164. The minimum absolute atomic E-state index is 0.695. The van der Waals surface area contributed by atoms with Crippen LogP contribution < -0.4 is 9.80 Å². The van der Waals surface area contributed by atoms with Crippen molar-refractivity contribution in [1.29, 1.82) is 0 Å². The predicted molar refractivity (Wildman–Crippen MR) is 292 cm³/mol. The molecule has 2 aliphatic carbocycles. The van der Waals surface area contributed by atoms with Crippen LogP contribution in [0, 0.1) is 0 Å². The molecule has 0 aliphatic heterocycles. The minimum atomic E-state index is -0.695. The van der Waals surface area contributed by atoms with Gasteiger partial charge < -0.3 is 9.80 Å². The number of rotatable bonds is 6. The number of benzene rings is 12. The average Bonchev–Trinajstić information content (AvgIpc) is 3.63. The lowest BCUT2D eigenvalue weighted by molar-refractivity contribution is 0.766. The van der Waals surface area contributed by atoms with Gasteiger partial charge in [0.15, 0.2) is 0 Å². The molecule has 0 aromatic heterocycles. The summed E-state index contributed by atoms with van der Waals surface area (Å²) in [6, 6.07) is 94.6. The lowest BCUT2D eigenvalue weighted by atomic mass is 9.66. The number of anilines is 6. The smallest absolute Gasteiger partial charge is 0.0726 e. The lowest BCUT2D eigenvalue weighted by Crippen LogP contribution is -2.30. The maximum atomic E-state index is 2.51. The van der Waals surface area contributed by atoms with Gasteiger partial charge in [0.1, 0.15) is 0 Å². The van der Waals surface area contributed by atoms with E-state index in [0.29, 0.717) is 0 Å². The third kappa shape index (κ3) is 5.92. The molecule has 12 aromatic rings. The largest absolute Gasteiger partial charge is 0.309 e. The molecule has 0 saturated heterocycles. The monoisotopic (exact) mass is 876 g/mol. The van der Waals surface area contributed by atoms with Gasteiger partial charge in [-0.1, -0.05) is 218 Å². The molecule has 0 atom stereocenters. The van der Waals surface area contributed by atoms with Crippen LogP contribution >= 0.6 is 0 Å². The number of nitrogens with zero attached hydrogens (tertiary/aromatic N) is 2. The molecule has 0 heterocycles.